The number of anilines is 1. The number of thioether (sulfide) groups is 1. The molecule has 0 bridgehead atoms. The molecule has 1 heterocycles. The Bertz CT molecular complexity index is 395. The first-order valence-corrected chi connectivity index (χ1v) is 7.06. The van der Waals surface area contributed by atoms with Gasteiger partial charge in [0.15, 0.2) is 0 Å². The Balaban J connectivity index is 2.00. The molecule has 0 aliphatic carbocycles. The second-order valence-electron chi connectivity index (χ2n) is 4.19. The summed E-state index contributed by atoms with van der Waals surface area (Å²) in [5.41, 5.74) is 7.68. The van der Waals surface area contributed by atoms with Crippen LogP contribution in [0.3, 0.4) is 0 Å². The fourth-order valence-corrected chi connectivity index (χ4v) is 3.07. The summed E-state index contributed by atoms with van der Waals surface area (Å²) in [4.78, 5) is 12.0. The highest BCUT2D eigenvalue weighted by molar-refractivity contribution is 8.00. The van der Waals surface area contributed by atoms with E-state index in [0.29, 0.717) is 6.54 Å². The van der Waals surface area contributed by atoms with Gasteiger partial charge in [-0.2, -0.15) is 0 Å². The van der Waals surface area contributed by atoms with Gasteiger partial charge in [0.2, 0.25) is 5.91 Å². The van der Waals surface area contributed by atoms with E-state index in [1.54, 1.807) is 11.8 Å². The number of para-hydroxylation sites is 1. The second-order valence-corrected chi connectivity index (χ2v) is 5.50. The molecule has 1 aromatic rings. The number of nitrogens with one attached hydrogen (secondary N) is 1. The number of carbonyl (C=O) groups is 1. The second kappa shape index (κ2) is 6.07. The molecule has 3 N–H and O–H groups in total. The molecular weight excluding hydrogens is 232 g/mol. The minimum Gasteiger partial charge on any atom is -0.330 e. The lowest BCUT2D eigenvalue weighted by molar-refractivity contribution is -0.115. The highest BCUT2D eigenvalue weighted by Gasteiger charge is 2.23. The number of fused-ring (bicyclic) bond motifs is 1. The van der Waals surface area contributed by atoms with Gasteiger partial charge in [0.05, 0.1) is 5.25 Å². The maximum Gasteiger partial charge on any atom is 0.237 e. The molecule has 0 aromatic heterocycles. The van der Waals surface area contributed by atoms with E-state index in [0.717, 1.165) is 30.7 Å². The van der Waals surface area contributed by atoms with Crippen LogP contribution in [0.15, 0.2) is 24.3 Å². The standard InChI is InChI=1S/C13H18N2OS/c14-8-3-9-17-12-7-6-10-4-1-2-5-11(10)15-13(12)16/h1-2,4-5,12H,3,6-9,14H2,(H,15,16). The summed E-state index contributed by atoms with van der Waals surface area (Å²) in [5, 5.41) is 3.07. The Morgan fingerprint density at radius 3 is 3.06 bits per heavy atom. The molecule has 3 nitrogen and oxygen atoms in total. The van der Waals surface area contributed by atoms with Crippen LogP contribution < -0.4 is 11.1 Å². The molecule has 17 heavy (non-hydrogen) atoms. The molecule has 1 atom stereocenters. The molecule has 92 valence electrons. The summed E-state index contributed by atoms with van der Waals surface area (Å²) in [6.07, 6.45) is 2.86. The fourth-order valence-electron chi connectivity index (χ4n) is 1.96. The molecule has 0 saturated heterocycles. The lowest BCUT2D eigenvalue weighted by Crippen LogP contribution is -2.24. The van der Waals surface area contributed by atoms with Crippen molar-refractivity contribution < 1.29 is 4.79 Å². The molecule has 0 radical (unpaired) electrons. The monoisotopic (exact) mass is 250 g/mol. The summed E-state index contributed by atoms with van der Waals surface area (Å²) in [5.74, 6) is 1.10. The van der Waals surface area contributed by atoms with Crippen LogP contribution in [0.2, 0.25) is 0 Å². The Labute approximate surface area is 106 Å². The molecular formula is C13H18N2OS. The van der Waals surface area contributed by atoms with Crippen LogP contribution in [0.25, 0.3) is 0 Å². The normalized spacial score (nSPS) is 19.4. The van der Waals surface area contributed by atoms with Crippen molar-refractivity contribution in [3.05, 3.63) is 29.8 Å². The first-order valence-electron chi connectivity index (χ1n) is 6.01. The maximum atomic E-state index is 12.0. The smallest absolute Gasteiger partial charge is 0.237 e. The van der Waals surface area contributed by atoms with Crippen LogP contribution in [0, 0.1) is 0 Å². The van der Waals surface area contributed by atoms with Gasteiger partial charge in [0.25, 0.3) is 0 Å². The molecule has 1 aliphatic heterocycles. The number of hydrogen-bond acceptors (Lipinski definition) is 3. The lowest BCUT2D eigenvalue weighted by atomic mass is 10.1. The minimum atomic E-state index is 0.0638. The van der Waals surface area contributed by atoms with Crippen molar-refractivity contribution in [1.29, 1.82) is 0 Å². The average Bonchev–Trinajstić information content (AvgIpc) is 2.49. The predicted octanol–water partition coefficient (Wildman–Crippen LogP) is 2.02. The summed E-state index contributed by atoms with van der Waals surface area (Å²) in [6.45, 7) is 0.696. The molecule has 4 heteroatoms. The topological polar surface area (TPSA) is 55.1 Å². The Morgan fingerprint density at radius 1 is 1.41 bits per heavy atom. The molecule has 1 aromatic carbocycles. The van der Waals surface area contributed by atoms with Gasteiger partial charge in [-0.05, 0) is 43.2 Å². The zero-order chi connectivity index (χ0) is 12.1. The van der Waals surface area contributed by atoms with E-state index in [-0.39, 0.29) is 11.2 Å². The molecule has 0 spiro atoms. The van der Waals surface area contributed by atoms with Gasteiger partial charge in [-0.1, -0.05) is 18.2 Å². The number of nitrogens with two attached hydrogens (primary N) is 1. The fraction of sp³-hybridized carbons (Fsp3) is 0.462. The van der Waals surface area contributed by atoms with E-state index >= 15 is 0 Å². The highest BCUT2D eigenvalue weighted by Crippen LogP contribution is 2.27. The van der Waals surface area contributed by atoms with Crippen LogP contribution in [0.4, 0.5) is 5.69 Å². The Kier molecular flexibility index (Phi) is 4.45. The van der Waals surface area contributed by atoms with Gasteiger partial charge in [-0.3, -0.25) is 4.79 Å². The number of carbonyl (C=O) groups excluding carboxylic acids is 1. The minimum absolute atomic E-state index is 0.0638. The SMILES string of the molecule is NCCCSC1CCc2ccccc2NC1=O. The van der Waals surface area contributed by atoms with Crippen molar-refractivity contribution in [2.75, 3.05) is 17.6 Å². The molecule has 1 amide bonds. The average molecular weight is 250 g/mol. The van der Waals surface area contributed by atoms with Gasteiger partial charge in [-0.25, -0.2) is 0 Å². The largest absolute Gasteiger partial charge is 0.330 e. The number of aryl methyl sites for hydroxylation is 1. The first kappa shape index (κ1) is 12.5. The molecule has 1 unspecified atom stereocenters. The quantitative estimate of drug-likeness (QED) is 0.804. The summed E-state index contributed by atoms with van der Waals surface area (Å²) < 4.78 is 0. The van der Waals surface area contributed by atoms with Gasteiger partial charge < -0.3 is 11.1 Å². The predicted molar refractivity (Wildman–Crippen MR) is 73.3 cm³/mol. The van der Waals surface area contributed by atoms with Crippen molar-refractivity contribution >= 4 is 23.4 Å². The van der Waals surface area contributed by atoms with Crippen molar-refractivity contribution in [2.24, 2.45) is 5.73 Å². The van der Waals surface area contributed by atoms with Gasteiger partial charge >= 0.3 is 0 Å². The lowest BCUT2D eigenvalue weighted by Gasteiger charge is -2.12. The highest BCUT2D eigenvalue weighted by atomic mass is 32.2. The maximum absolute atomic E-state index is 12.0. The Hall–Kier alpha value is -1.00. The first-order chi connectivity index (χ1) is 8.31. The van der Waals surface area contributed by atoms with E-state index in [2.05, 4.69) is 11.4 Å². The number of hydrogen-bond donors (Lipinski definition) is 2. The Morgan fingerprint density at radius 2 is 2.24 bits per heavy atom. The molecule has 0 fully saturated rings. The van der Waals surface area contributed by atoms with Crippen molar-refractivity contribution in [3.8, 4) is 0 Å². The van der Waals surface area contributed by atoms with Crippen LogP contribution in [-0.4, -0.2) is 23.5 Å². The van der Waals surface area contributed by atoms with Crippen LogP contribution in [0.1, 0.15) is 18.4 Å². The zero-order valence-corrected chi connectivity index (χ0v) is 10.6. The van der Waals surface area contributed by atoms with E-state index < -0.39 is 0 Å². The van der Waals surface area contributed by atoms with E-state index in [4.69, 9.17) is 5.73 Å². The number of amides is 1. The van der Waals surface area contributed by atoms with E-state index in [1.807, 2.05) is 18.2 Å². The molecule has 1 aliphatic rings. The van der Waals surface area contributed by atoms with Gasteiger partial charge in [0.1, 0.15) is 0 Å². The molecule has 0 saturated carbocycles. The summed E-state index contributed by atoms with van der Waals surface area (Å²) in [6, 6.07) is 8.04. The number of benzene rings is 1. The van der Waals surface area contributed by atoms with Crippen molar-refractivity contribution in [2.45, 2.75) is 24.5 Å². The van der Waals surface area contributed by atoms with Crippen LogP contribution in [0.5, 0.6) is 0 Å². The van der Waals surface area contributed by atoms with Crippen molar-refractivity contribution in [1.82, 2.24) is 0 Å². The van der Waals surface area contributed by atoms with Crippen LogP contribution in [-0.2, 0) is 11.2 Å². The number of rotatable bonds is 4. The van der Waals surface area contributed by atoms with Gasteiger partial charge in [-0.15, -0.1) is 11.8 Å². The third-order valence-corrected chi connectivity index (χ3v) is 4.29. The van der Waals surface area contributed by atoms with Gasteiger partial charge in [0, 0.05) is 5.69 Å². The molecule has 2 rings (SSSR count). The third-order valence-electron chi connectivity index (χ3n) is 2.91. The van der Waals surface area contributed by atoms with Crippen LogP contribution >= 0.6 is 11.8 Å². The summed E-state index contributed by atoms with van der Waals surface area (Å²) >= 11 is 1.72. The third kappa shape index (κ3) is 3.23. The van der Waals surface area contributed by atoms with E-state index in [9.17, 15) is 4.79 Å². The zero-order valence-electron chi connectivity index (χ0n) is 9.82. The van der Waals surface area contributed by atoms with E-state index in [1.165, 1.54) is 5.56 Å². The van der Waals surface area contributed by atoms with Crippen molar-refractivity contribution in [3.63, 3.8) is 0 Å². The summed E-state index contributed by atoms with van der Waals surface area (Å²) in [7, 11) is 0.